The third kappa shape index (κ3) is 12.6. The van der Waals surface area contributed by atoms with E-state index in [1.54, 1.807) is 29.5 Å². The van der Waals surface area contributed by atoms with Crippen molar-refractivity contribution in [3.05, 3.63) is 106 Å². The molecule has 4 aromatic rings. The number of aromatic nitrogens is 1. The molecule has 1 aromatic heterocycles. The van der Waals surface area contributed by atoms with Crippen molar-refractivity contribution in [3.63, 3.8) is 0 Å². The lowest BCUT2D eigenvalue weighted by molar-refractivity contribution is -0.164. The van der Waals surface area contributed by atoms with E-state index in [1.807, 2.05) is 104 Å². The molecule has 18 heteroatoms. The van der Waals surface area contributed by atoms with Gasteiger partial charge in [-0.05, 0) is 85.7 Å². The summed E-state index contributed by atoms with van der Waals surface area (Å²) in [4.78, 5) is 66.3. The van der Waals surface area contributed by atoms with Gasteiger partial charge >= 0.3 is 6.18 Å². The Morgan fingerprint density at radius 3 is 2.16 bits per heavy atom. The molecule has 4 amide bonds. The number of thiazole rings is 1. The summed E-state index contributed by atoms with van der Waals surface area (Å²) in [6.07, 6.45) is -4.32. The van der Waals surface area contributed by atoms with Crippen LogP contribution in [0.3, 0.4) is 0 Å². The summed E-state index contributed by atoms with van der Waals surface area (Å²) in [6, 6.07) is 17.8. The minimum Gasteiger partial charge on any atom is -0.489 e. The molecule has 2 aliphatic heterocycles. The van der Waals surface area contributed by atoms with Crippen molar-refractivity contribution in [1.29, 1.82) is 5.26 Å². The monoisotopic (exact) mass is 1030 g/mol. The summed E-state index contributed by atoms with van der Waals surface area (Å²) in [7, 11) is 0. The molecule has 1 saturated carbocycles. The van der Waals surface area contributed by atoms with Gasteiger partial charge in [0.1, 0.15) is 23.9 Å². The molecule has 3 heterocycles. The van der Waals surface area contributed by atoms with Crippen LogP contribution in [0.25, 0.3) is 10.4 Å². The van der Waals surface area contributed by atoms with Crippen molar-refractivity contribution >= 4 is 35.0 Å². The molecule has 4 N–H and O–H groups in total. The third-order valence-electron chi connectivity index (χ3n) is 14.8. The van der Waals surface area contributed by atoms with Crippen molar-refractivity contribution in [2.75, 3.05) is 45.8 Å². The van der Waals surface area contributed by atoms with Gasteiger partial charge in [-0.15, -0.1) is 11.3 Å². The van der Waals surface area contributed by atoms with E-state index < -0.39 is 63.7 Å². The van der Waals surface area contributed by atoms with Crippen LogP contribution in [0.1, 0.15) is 113 Å². The van der Waals surface area contributed by atoms with Crippen molar-refractivity contribution in [2.45, 2.75) is 124 Å². The van der Waals surface area contributed by atoms with E-state index in [4.69, 9.17) is 4.74 Å². The van der Waals surface area contributed by atoms with E-state index in [9.17, 15) is 42.7 Å². The first-order valence-corrected chi connectivity index (χ1v) is 25.9. The van der Waals surface area contributed by atoms with Crippen LogP contribution in [0.4, 0.5) is 13.2 Å². The second kappa shape index (κ2) is 21.9. The molecule has 3 aromatic carbocycles. The summed E-state index contributed by atoms with van der Waals surface area (Å²) < 4.78 is 47.0. The molecule has 3 fully saturated rings. The van der Waals surface area contributed by atoms with Crippen molar-refractivity contribution in [1.82, 2.24) is 35.6 Å². The average molecular weight is 1030 g/mol. The molecule has 2 saturated heterocycles. The molecule has 14 nitrogen and oxygen atoms in total. The zero-order valence-electron chi connectivity index (χ0n) is 43.2. The molecule has 392 valence electrons. The van der Waals surface area contributed by atoms with Crippen molar-refractivity contribution < 1.29 is 42.2 Å². The number of likely N-dealkylation sites (tertiary alicyclic amines) is 1. The fraction of sp³-hybridized carbons (Fsp3) is 0.527. The number of aliphatic hydroxyl groups excluding tert-OH is 1. The Balaban J connectivity index is 0.837. The van der Waals surface area contributed by atoms with E-state index in [2.05, 4.69) is 30.7 Å². The number of ether oxygens (including phenoxy) is 1. The zero-order chi connectivity index (χ0) is 53.2. The van der Waals surface area contributed by atoms with Gasteiger partial charge < -0.3 is 35.6 Å². The Morgan fingerprint density at radius 1 is 0.932 bits per heavy atom. The molecule has 0 spiro atoms. The number of halogens is 3. The summed E-state index contributed by atoms with van der Waals surface area (Å²) in [5.41, 5.74) is 2.84. The first-order chi connectivity index (χ1) is 34.3. The molecule has 0 bridgehead atoms. The van der Waals surface area contributed by atoms with Gasteiger partial charge in [0.2, 0.25) is 17.7 Å². The summed E-state index contributed by atoms with van der Waals surface area (Å²) >= 11 is 1.57. The maximum atomic E-state index is 14.2. The predicted octanol–water partition coefficient (Wildman–Crippen LogP) is 7.54. The number of amides is 4. The lowest BCUT2D eigenvalue weighted by Crippen LogP contribution is -2.74. The van der Waals surface area contributed by atoms with E-state index in [-0.39, 0.29) is 55.1 Å². The van der Waals surface area contributed by atoms with E-state index in [0.717, 1.165) is 71.9 Å². The van der Waals surface area contributed by atoms with Crippen LogP contribution in [0.5, 0.6) is 5.75 Å². The maximum Gasteiger partial charge on any atom is 0.417 e. The summed E-state index contributed by atoms with van der Waals surface area (Å²) in [6.45, 7) is 21.0. The molecule has 3 aliphatic rings. The van der Waals surface area contributed by atoms with Gasteiger partial charge in [-0.3, -0.25) is 24.1 Å². The highest BCUT2D eigenvalue weighted by atomic mass is 32.1. The number of hydrogen-bond acceptors (Lipinski definition) is 11. The average Bonchev–Trinajstić information content (AvgIpc) is 3.96. The number of aryl methyl sites for hydroxylation is 2. The summed E-state index contributed by atoms with van der Waals surface area (Å²) in [5, 5.41) is 29.1. The fourth-order valence-electron chi connectivity index (χ4n) is 11.0. The molecule has 7 rings (SSSR count). The minimum absolute atomic E-state index is 0.00798. The van der Waals surface area contributed by atoms with Crippen LogP contribution in [0.2, 0.25) is 0 Å². The number of carbonyl (C=O) groups excluding carboxylic acids is 4. The van der Waals surface area contributed by atoms with Gasteiger partial charge in [-0.1, -0.05) is 84.9 Å². The highest BCUT2D eigenvalue weighted by Gasteiger charge is 2.64. The lowest BCUT2D eigenvalue weighted by Gasteiger charge is -2.63. The van der Waals surface area contributed by atoms with Gasteiger partial charge in [-0.25, -0.2) is 4.98 Å². The molecule has 1 unspecified atom stereocenters. The number of hydrogen-bond donors (Lipinski definition) is 4. The number of nitriles is 1. The lowest BCUT2D eigenvalue weighted by atomic mass is 9.49. The molecule has 1 aliphatic carbocycles. The van der Waals surface area contributed by atoms with E-state index in [1.165, 1.54) is 11.0 Å². The van der Waals surface area contributed by atoms with Gasteiger partial charge in [-0.2, -0.15) is 18.4 Å². The van der Waals surface area contributed by atoms with Gasteiger partial charge in [0.25, 0.3) is 5.91 Å². The van der Waals surface area contributed by atoms with Crippen LogP contribution < -0.4 is 20.7 Å². The molecular weight excluding hydrogens is 958 g/mol. The van der Waals surface area contributed by atoms with Crippen LogP contribution in [-0.2, 0) is 27.0 Å². The minimum atomic E-state index is -4.71. The largest absolute Gasteiger partial charge is 0.489 e. The number of β-amino-alcohol motifs (C(OH)–C–C–N with tert-alkyl or cyclic N) is 1. The van der Waals surface area contributed by atoms with Crippen molar-refractivity contribution in [2.24, 2.45) is 16.2 Å². The van der Waals surface area contributed by atoms with Crippen LogP contribution >= 0.6 is 11.3 Å². The Kier molecular flexibility index (Phi) is 16.5. The number of benzene rings is 3. The van der Waals surface area contributed by atoms with Crippen molar-refractivity contribution in [3.8, 4) is 22.3 Å². The Morgan fingerprint density at radius 2 is 1.58 bits per heavy atom. The number of rotatable bonds is 16. The fourth-order valence-corrected chi connectivity index (χ4v) is 11.8. The van der Waals surface area contributed by atoms with Gasteiger partial charge in [0.15, 0.2) is 0 Å². The molecule has 4 atom stereocenters. The maximum absolute atomic E-state index is 14.2. The van der Waals surface area contributed by atoms with E-state index >= 15 is 0 Å². The molecule has 0 radical (unpaired) electrons. The Hall–Kier alpha value is -5.87. The molecule has 73 heavy (non-hydrogen) atoms. The van der Waals surface area contributed by atoms with Gasteiger partial charge in [0.05, 0.1) is 52.0 Å². The zero-order valence-corrected chi connectivity index (χ0v) is 44.0. The number of alkyl halides is 3. The van der Waals surface area contributed by atoms with Gasteiger partial charge in [0, 0.05) is 61.6 Å². The Bertz CT molecular complexity index is 2650. The smallest absolute Gasteiger partial charge is 0.417 e. The van der Waals surface area contributed by atoms with E-state index in [0.29, 0.717) is 18.7 Å². The first-order valence-electron chi connectivity index (χ1n) is 25.0. The first kappa shape index (κ1) is 54.9. The number of nitrogens with zero attached hydrogens (tertiary/aromatic N) is 5. The highest BCUT2D eigenvalue weighted by Crippen LogP contribution is 2.56. The standard InChI is InChI=1S/C55H69F3N8O6S/c1-33(36-16-18-37(19-17-36)45-34(2)60-32-73-45)61-48(70)43-27-40(67)30-66(43)49(71)46(52(3,4)5)62-44(68)31-65-25-23-64(24-26-65)22-10-11-35-12-14-38(15-13-35)47(69)63-50-53(6,7)51(54(50,8)9)72-41-21-20-39(29-59)42(28-41)55(56,57)58/h12-21,28,32-33,40,43,46,50-51,67H,10-11,22-27,30-31H2,1-9H3,(H,61,70)(H,62,68)(H,63,69)/t33-,40+,43-,46?,50?,51?/m0/s1. The molecular formula is C55H69F3N8O6S. The number of carbonyl (C=O) groups is 4. The third-order valence-corrected chi connectivity index (χ3v) is 15.8. The quantitative estimate of drug-likeness (QED) is 0.0876. The Labute approximate surface area is 430 Å². The normalized spacial score (nSPS) is 21.8. The highest BCUT2D eigenvalue weighted by molar-refractivity contribution is 7.13. The number of nitrogens with one attached hydrogen (secondary N) is 3. The topological polar surface area (TPSA) is 180 Å². The number of aliphatic hydroxyl groups is 1. The second-order valence-corrected chi connectivity index (χ2v) is 23.0. The van der Waals surface area contributed by atoms with Crippen LogP contribution in [0.15, 0.2) is 72.2 Å². The SMILES string of the molecule is Cc1ncsc1-c1ccc([C@H](C)NC(=O)[C@@H]2C[C@@H](O)CN2C(=O)C(NC(=O)CN2CCN(CCCc3ccc(C(=O)NC4C(C)(C)C(Oc5ccc(C#N)c(C(F)(F)F)c5)C4(C)C)cc3)CC2)C(C)(C)C)cc1. The predicted molar refractivity (Wildman–Crippen MR) is 273 cm³/mol. The summed E-state index contributed by atoms with van der Waals surface area (Å²) in [5.74, 6) is -1.30. The van der Waals surface area contributed by atoms with Crippen LogP contribution in [0, 0.1) is 34.5 Å². The second-order valence-electron chi connectivity index (χ2n) is 22.2. The van der Waals surface area contributed by atoms with Crippen LogP contribution in [-0.4, -0.2) is 125 Å². The number of piperazine rings is 1.